The summed E-state index contributed by atoms with van der Waals surface area (Å²) in [5, 5.41) is 102. The maximum Gasteiger partial charge on any atom is 0.329 e. The van der Waals surface area contributed by atoms with Gasteiger partial charge in [0.15, 0.2) is 0 Å². The number of nitrogens with zero attached hydrogens (tertiary/aromatic N) is 8. The number of hydrogen-bond donors (Lipinski definition) is 1. The molecule has 0 aromatic carbocycles. The third-order valence-corrected chi connectivity index (χ3v) is 5.92. The lowest BCUT2D eigenvalue weighted by Crippen LogP contribution is -2.20. The van der Waals surface area contributed by atoms with Crippen LogP contribution in [0.2, 0.25) is 0 Å². The van der Waals surface area contributed by atoms with Crippen LogP contribution in [0.25, 0.3) is 0 Å². The zero-order valence-electron chi connectivity index (χ0n) is 23.5. The van der Waals surface area contributed by atoms with E-state index in [1.165, 1.54) is 0 Å². The molecule has 1 N–H and O–H groups in total. The third kappa shape index (κ3) is 12.1. The van der Waals surface area contributed by atoms with Crippen LogP contribution in [-0.2, 0) is 4.79 Å². The molecular weight excluding hydrogens is 640 g/mol. The van der Waals surface area contributed by atoms with E-state index < -0.39 is 136 Å². The van der Waals surface area contributed by atoms with Gasteiger partial charge in [-0.25, -0.2) is 0 Å². The SMILES string of the molecule is CCCCC/C(=C(/C/C(=C(/C/C(=C(/C/C(=C(/CCCC(=O)O)[N+](=O)[O-])[N+](=O)[O-])[N+](=O)[O-])[N+](=O)[O-])[N+](=O)[O-])[N+](=O)[O-])[N+](=O)[O-])[N+](=O)[O-]. The van der Waals surface area contributed by atoms with Crippen LogP contribution in [0.5, 0.6) is 0 Å². The van der Waals surface area contributed by atoms with Gasteiger partial charge in [0.25, 0.3) is 0 Å². The van der Waals surface area contributed by atoms with E-state index in [0.717, 1.165) is 0 Å². The summed E-state index contributed by atoms with van der Waals surface area (Å²) in [5.74, 6) is -1.48. The minimum atomic E-state index is -2.00. The molecule has 0 saturated carbocycles. The van der Waals surface area contributed by atoms with Crippen molar-refractivity contribution in [2.45, 2.75) is 71.1 Å². The summed E-state index contributed by atoms with van der Waals surface area (Å²) in [6, 6.07) is 0. The van der Waals surface area contributed by atoms with Gasteiger partial charge in [-0.15, -0.1) is 0 Å². The van der Waals surface area contributed by atoms with E-state index in [0.29, 0.717) is 12.8 Å². The highest BCUT2D eigenvalue weighted by Gasteiger charge is 2.44. The molecule has 0 rings (SSSR count). The van der Waals surface area contributed by atoms with Gasteiger partial charge in [-0.05, 0) is 12.8 Å². The number of unbranched alkanes of at least 4 members (excludes halogenated alkanes) is 2. The molecule has 0 heterocycles. The summed E-state index contributed by atoms with van der Waals surface area (Å²) in [6.07, 6.45) is -7.75. The quantitative estimate of drug-likeness (QED) is 0.0986. The van der Waals surface area contributed by atoms with E-state index in [1.54, 1.807) is 6.92 Å². The van der Waals surface area contributed by atoms with Crippen molar-refractivity contribution >= 4 is 5.97 Å². The van der Waals surface area contributed by atoms with E-state index in [1.807, 2.05) is 0 Å². The molecule has 0 spiro atoms. The number of carboxylic acids is 1. The maximum absolute atomic E-state index is 11.8. The second kappa shape index (κ2) is 18.3. The first-order valence-electron chi connectivity index (χ1n) is 12.5. The molecule has 0 amide bonds. The number of hydrogen-bond acceptors (Lipinski definition) is 17. The highest BCUT2D eigenvalue weighted by Crippen LogP contribution is 2.30. The minimum absolute atomic E-state index is 0.0150. The van der Waals surface area contributed by atoms with Crippen molar-refractivity contribution in [1.82, 2.24) is 0 Å². The molecule has 46 heavy (non-hydrogen) atoms. The Morgan fingerprint density at radius 1 is 0.413 bits per heavy atom. The Morgan fingerprint density at radius 2 is 0.652 bits per heavy atom. The van der Waals surface area contributed by atoms with Crippen LogP contribution in [0.3, 0.4) is 0 Å². The highest BCUT2D eigenvalue weighted by atomic mass is 16.7. The maximum atomic E-state index is 11.8. The van der Waals surface area contributed by atoms with Crippen LogP contribution in [-0.4, -0.2) is 50.5 Å². The minimum Gasteiger partial charge on any atom is -0.481 e. The Balaban J connectivity index is 7.57. The van der Waals surface area contributed by atoms with E-state index in [9.17, 15) is 85.7 Å². The molecule has 0 radical (unpaired) electrons. The lowest BCUT2D eigenvalue weighted by Gasteiger charge is -2.05. The molecule has 0 aliphatic rings. The van der Waals surface area contributed by atoms with E-state index in [-0.39, 0.29) is 6.42 Å². The first kappa shape index (κ1) is 39.6. The molecule has 0 aromatic heterocycles. The standard InChI is InChI=1S/C20H24N8O18/c1-2-3-4-6-12(21(31)32)14(23(35)36)9-16(25(39)40)18(27(43)44)11-19(28(45)46)17(26(41)42)10-15(24(37)38)13(22(33)34)7-5-8-20(29)30/h2-11H2,1H3,(H,29,30)/b14-12+,15-13+,18-16+,19-17+. The zero-order chi connectivity index (χ0) is 35.9. The normalized spacial score (nSPS) is 13.2. The Hall–Kier alpha value is -6.37. The summed E-state index contributed by atoms with van der Waals surface area (Å²) in [5.41, 5.74) is -13.2. The molecule has 26 nitrogen and oxygen atoms in total. The van der Waals surface area contributed by atoms with Crippen molar-refractivity contribution in [3.63, 3.8) is 0 Å². The largest absolute Gasteiger partial charge is 0.481 e. The van der Waals surface area contributed by atoms with Gasteiger partial charge in [0.1, 0.15) is 19.3 Å². The van der Waals surface area contributed by atoms with Gasteiger partial charge in [0.05, 0.1) is 39.4 Å². The number of aliphatic carboxylic acids is 1. The third-order valence-electron chi connectivity index (χ3n) is 5.92. The smallest absolute Gasteiger partial charge is 0.329 e. The van der Waals surface area contributed by atoms with Crippen LogP contribution in [0.1, 0.15) is 71.1 Å². The second-order valence-electron chi connectivity index (χ2n) is 8.87. The van der Waals surface area contributed by atoms with Crippen molar-refractivity contribution < 1.29 is 49.3 Å². The Labute approximate surface area is 253 Å². The zero-order valence-corrected chi connectivity index (χ0v) is 23.5. The van der Waals surface area contributed by atoms with Crippen molar-refractivity contribution in [3.8, 4) is 0 Å². The summed E-state index contributed by atoms with van der Waals surface area (Å²) in [6.45, 7) is 1.67. The molecule has 0 saturated heterocycles. The average Bonchev–Trinajstić information content (AvgIpc) is 2.91. The van der Waals surface area contributed by atoms with E-state index in [4.69, 9.17) is 5.11 Å². The highest BCUT2D eigenvalue weighted by molar-refractivity contribution is 5.66. The number of allylic oxidation sites excluding steroid dienone is 2. The first-order valence-corrected chi connectivity index (χ1v) is 12.5. The Morgan fingerprint density at radius 3 is 0.870 bits per heavy atom. The van der Waals surface area contributed by atoms with Crippen LogP contribution in [0.4, 0.5) is 0 Å². The van der Waals surface area contributed by atoms with Gasteiger partial charge in [0.2, 0.25) is 0 Å². The van der Waals surface area contributed by atoms with Gasteiger partial charge in [-0.2, -0.15) is 0 Å². The van der Waals surface area contributed by atoms with Gasteiger partial charge >= 0.3 is 51.5 Å². The summed E-state index contributed by atoms with van der Waals surface area (Å²) in [7, 11) is 0. The number of nitro groups is 8. The van der Waals surface area contributed by atoms with Crippen LogP contribution in [0, 0.1) is 80.9 Å². The molecule has 0 bridgehead atoms. The molecule has 0 aromatic rings. The lowest BCUT2D eigenvalue weighted by atomic mass is 10.0. The molecule has 0 unspecified atom stereocenters. The molecular formula is C20H24N8O18. The number of carbonyl (C=O) groups is 1. The summed E-state index contributed by atoms with van der Waals surface area (Å²) >= 11 is 0. The molecule has 0 aliphatic heterocycles. The summed E-state index contributed by atoms with van der Waals surface area (Å²) < 4.78 is 0. The molecule has 0 fully saturated rings. The van der Waals surface area contributed by atoms with Gasteiger partial charge < -0.3 is 5.11 Å². The van der Waals surface area contributed by atoms with Crippen molar-refractivity contribution in [2.24, 2.45) is 0 Å². The van der Waals surface area contributed by atoms with Gasteiger partial charge in [-0.3, -0.25) is 85.7 Å². The van der Waals surface area contributed by atoms with Crippen molar-refractivity contribution in [2.75, 3.05) is 0 Å². The molecule has 252 valence electrons. The van der Waals surface area contributed by atoms with Crippen LogP contribution < -0.4 is 0 Å². The molecule has 0 atom stereocenters. The van der Waals surface area contributed by atoms with Gasteiger partial charge in [-0.1, -0.05) is 19.8 Å². The van der Waals surface area contributed by atoms with E-state index >= 15 is 0 Å². The number of carboxylic acid groups (broad SMARTS) is 1. The molecule has 0 aliphatic carbocycles. The fourth-order valence-electron chi connectivity index (χ4n) is 3.74. The average molecular weight is 664 g/mol. The summed E-state index contributed by atoms with van der Waals surface area (Å²) in [4.78, 5) is 91.7. The van der Waals surface area contributed by atoms with E-state index in [2.05, 4.69) is 0 Å². The monoisotopic (exact) mass is 664 g/mol. The fraction of sp³-hybridized carbons (Fsp3) is 0.550. The first-order chi connectivity index (χ1) is 21.3. The second-order valence-corrected chi connectivity index (χ2v) is 8.87. The van der Waals surface area contributed by atoms with Crippen LogP contribution in [0.15, 0.2) is 45.6 Å². The predicted molar refractivity (Wildman–Crippen MR) is 144 cm³/mol. The Kier molecular flexibility index (Phi) is 15.8. The molecule has 26 heteroatoms. The van der Waals surface area contributed by atoms with Crippen molar-refractivity contribution in [3.05, 3.63) is 126 Å². The lowest BCUT2D eigenvalue weighted by molar-refractivity contribution is -0.499. The van der Waals surface area contributed by atoms with Crippen molar-refractivity contribution in [1.29, 1.82) is 0 Å². The predicted octanol–water partition coefficient (Wildman–Crippen LogP) is 3.05. The van der Waals surface area contributed by atoms with Crippen LogP contribution >= 0.6 is 0 Å². The fourth-order valence-corrected chi connectivity index (χ4v) is 3.74. The Bertz CT molecular complexity index is 1460. The topological polar surface area (TPSA) is 382 Å². The number of rotatable bonds is 22. The van der Waals surface area contributed by atoms with Gasteiger partial charge in [0, 0.05) is 19.3 Å².